The lowest BCUT2D eigenvalue weighted by Gasteiger charge is -1.99. The minimum atomic E-state index is -0.503. The van der Waals surface area contributed by atoms with Gasteiger partial charge in [-0.25, -0.2) is 0 Å². The molecule has 6 nitrogen and oxygen atoms in total. The fourth-order valence-corrected chi connectivity index (χ4v) is 2.42. The van der Waals surface area contributed by atoms with Crippen LogP contribution >= 0.6 is 0 Å². The van der Waals surface area contributed by atoms with Gasteiger partial charge in [0.05, 0.1) is 11.1 Å². The summed E-state index contributed by atoms with van der Waals surface area (Å²) in [6, 6.07) is 8.93. The lowest BCUT2D eigenvalue weighted by Crippen LogP contribution is -1.93. The highest BCUT2D eigenvalue weighted by molar-refractivity contribution is 5.98. The Hall–Kier alpha value is -3.02. The maximum atomic E-state index is 12.0. The van der Waals surface area contributed by atoms with Crippen molar-refractivity contribution in [3.8, 4) is 5.88 Å². The smallest absolute Gasteiger partial charge is 0.296 e. The molecule has 110 valence electrons. The van der Waals surface area contributed by atoms with Crippen LogP contribution in [0.5, 0.6) is 5.88 Å². The van der Waals surface area contributed by atoms with Crippen LogP contribution in [0.25, 0.3) is 10.9 Å². The zero-order valence-corrected chi connectivity index (χ0v) is 12.2. The molecule has 0 unspecified atom stereocenters. The summed E-state index contributed by atoms with van der Waals surface area (Å²) in [4.78, 5) is 15.8. The minimum absolute atomic E-state index is 0.0213. The van der Waals surface area contributed by atoms with Crippen molar-refractivity contribution in [2.45, 2.75) is 6.92 Å². The van der Waals surface area contributed by atoms with Gasteiger partial charge in [-0.1, -0.05) is 18.2 Å². The van der Waals surface area contributed by atoms with E-state index in [9.17, 15) is 9.90 Å². The molecule has 0 aliphatic heterocycles. The summed E-state index contributed by atoms with van der Waals surface area (Å²) in [5.41, 5.74) is 2.51. The summed E-state index contributed by atoms with van der Waals surface area (Å²) < 4.78 is 1.63. The summed E-state index contributed by atoms with van der Waals surface area (Å²) in [6.07, 6.45) is 3.00. The molecule has 0 bridgehead atoms. The number of fused-ring (bicyclic) bond motifs is 1. The zero-order chi connectivity index (χ0) is 15.7. The second-order valence-corrected chi connectivity index (χ2v) is 4.95. The Kier molecular flexibility index (Phi) is 3.42. The minimum Gasteiger partial charge on any atom is -0.493 e. The van der Waals surface area contributed by atoms with E-state index in [0.717, 1.165) is 16.5 Å². The molecule has 1 aromatic carbocycles. The molecule has 6 heteroatoms. The standard InChI is InChI=1S/C16H14N4O2/c1-10-5-3-7-12-13(16(22)20(2)14(10)12)18-19-15(21)11-6-4-8-17-9-11/h3-9,22H,1-2H3. The number of aromatic hydroxyl groups is 1. The SMILES string of the molecule is Cc1cccc2c(N=NC(=O)c3cccnc3)c(O)n(C)c12. The molecular formula is C16H14N4O2. The average Bonchev–Trinajstić information content (AvgIpc) is 2.78. The van der Waals surface area contributed by atoms with E-state index in [1.807, 2.05) is 25.1 Å². The maximum Gasteiger partial charge on any atom is 0.296 e. The number of para-hydroxylation sites is 1. The van der Waals surface area contributed by atoms with Crippen LogP contribution in [0, 0.1) is 6.92 Å². The monoisotopic (exact) mass is 294 g/mol. The van der Waals surface area contributed by atoms with Gasteiger partial charge in [0.15, 0.2) is 5.69 Å². The Morgan fingerprint density at radius 2 is 2.09 bits per heavy atom. The molecule has 0 atom stereocenters. The molecule has 2 aromatic heterocycles. The van der Waals surface area contributed by atoms with Crippen molar-refractivity contribution in [1.82, 2.24) is 9.55 Å². The van der Waals surface area contributed by atoms with E-state index >= 15 is 0 Å². The third-order valence-electron chi connectivity index (χ3n) is 3.51. The molecule has 0 saturated carbocycles. The number of rotatable bonds is 2. The molecule has 1 amide bonds. The van der Waals surface area contributed by atoms with Crippen molar-refractivity contribution < 1.29 is 9.90 Å². The Morgan fingerprint density at radius 1 is 1.27 bits per heavy atom. The quantitative estimate of drug-likeness (QED) is 0.734. The normalized spacial score (nSPS) is 11.4. The van der Waals surface area contributed by atoms with Crippen LogP contribution in [0.15, 0.2) is 53.0 Å². The van der Waals surface area contributed by atoms with Crippen molar-refractivity contribution in [1.29, 1.82) is 0 Å². The van der Waals surface area contributed by atoms with E-state index in [1.54, 1.807) is 29.9 Å². The van der Waals surface area contributed by atoms with Crippen molar-refractivity contribution in [2.24, 2.45) is 17.3 Å². The van der Waals surface area contributed by atoms with Gasteiger partial charge in [0.25, 0.3) is 5.91 Å². The Morgan fingerprint density at radius 3 is 2.82 bits per heavy atom. The van der Waals surface area contributed by atoms with Crippen LogP contribution < -0.4 is 0 Å². The fraction of sp³-hybridized carbons (Fsp3) is 0.125. The van der Waals surface area contributed by atoms with Gasteiger partial charge in [-0.2, -0.15) is 0 Å². The third-order valence-corrected chi connectivity index (χ3v) is 3.51. The summed E-state index contributed by atoms with van der Waals surface area (Å²) in [6.45, 7) is 1.95. The predicted molar refractivity (Wildman–Crippen MR) is 82.4 cm³/mol. The molecule has 0 aliphatic carbocycles. The first-order valence-electron chi connectivity index (χ1n) is 6.72. The number of pyridine rings is 1. The number of benzene rings is 1. The first-order valence-corrected chi connectivity index (χ1v) is 6.72. The number of aromatic nitrogens is 2. The third kappa shape index (κ3) is 2.24. The number of hydrogen-bond acceptors (Lipinski definition) is 4. The summed E-state index contributed by atoms with van der Waals surface area (Å²) in [7, 11) is 1.74. The first-order chi connectivity index (χ1) is 10.6. The van der Waals surface area contributed by atoms with E-state index in [4.69, 9.17) is 0 Å². The van der Waals surface area contributed by atoms with Crippen LogP contribution in [0.1, 0.15) is 15.9 Å². The number of aryl methyl sites for hydroxylation is 2. The molecule has 0 fully saturated rings. The Balaban J connectivity index is 2.05. The van der Waals surface area contributed by atoms with Gasteiger partial charge in [-0.05, 0) is 24.6 Å². The summed E-state index contributed by atoms with van der Waals surface area (Å²) >= 11 is 0. The number of amides is 1. The van der Waals surface area contributed by atoms with Crippen molar-refractivity contribution >= 4 is 22.5 Å². The highest BCUT2D eigenvalue weighted by Crippen LogP contribution is 2.39. The topological polar surface area (TPSA) is 79.8 Å². The Bertz CT molecular complexity index is 882. The largest absolute Gasteiger partial charge is 0.493 e. The van der Waals surface area contributed by atoms with Crippen molar-refractivity contribution in [3.05, 3.63) is 53.9 Å². The van der Waals surface area contributed by atoms with Crippen LogP contribution in [-0.4, -0.2) is 20.6 Å². The van der Waals surface area contributed by atoms with Crippen LogP contribution in [0.2, 0.25) is 0 Å². The van der Waals surface area contributed by atoms with Crippen molar-refractivity contribution in [2.75, 3.05) is 0 Å². The van der Waals surface area contributed by atoms with E-state index in [1.165, 1.54) is 6.20 Å². The lowest BCUT2D eigenvalue weighted by atomic mass is 10.1. The number of carbonyl (C=O) groups excluding carboxylic acids is 1. The molecule has 2 heterocycles. The van der Waals surface area contributed by atoms with Gasteiger partial charge in [0, 0.05) is 24.8 Å². The van der Waals surface area contributed by atoms with Crippen LogP contribution in [-0.2, 0) is 7.05 Å². The Labute approximate surface area is 126 Å². The van der Waals surface area contributed by atoms with Gasteiger partial charge in [0.2, 0.25) is 5.88 Å². The van der Waals surface area contributed by atoms with Gasteiger partial charge >= 0.3 is 0 Å². The molecule has 3 aromatic rings. The lowest BCUT2D eigenvalue weighted by molar-refractivity contribution is 0.0994. The molecule has 1 N–H and O–H groups in total. The van der Waals surface area contributed by atoms with Gasteiger partial charge in [-0.15, -0.1) is 10.2 Å². The molecule has 0 aliphatic rings. The van der Waals surface area contributed by atoms with E-state index in [2.05, 4.69) is 15.2 Å². The van der Waals surface area contributed by atoms with E-state index in [0.29, 0.717) is 11.3 Å². The highest BCUT2D eigenvalue weighted by Gasteiger charge is 2.16. The van der Waals surface area contributed by atoms with Crippen molar-refractivity contribution in [3.63, 3.8) is 0 Å². The van der Waals surface area contributed by atoms with Gasteiger partial charge in [-0.3, -0.25) is 9.78 Å². The van der Waals surface area contributed by atoms with E-state index in [-0.39, 0.29) is 5.88 Å². The molecule has 0 saturated heterocycles. The molecule has 0 spiro atoms. The second-order valence-electron chi connectivity index (χ2n) is 4.95. The number of hydrogen-bond donors (Lipinski definition) is 1. The molecule has 3 rings (SSSR count). The summed E-state index contributed by atoms with van der Waals surface area (Å²) in [5.74, 6) is -0.524. The second kappa shape index (κ2) is 5.40. The van der Waals surface area contributed by atoms with Gasteiger partial charge < -0.3 is 9.67 Å². The molecule has 0 radical (unpaired) electrons. The predicted octanol–water partition coefficient (Wildman–Crippen LogP) is 3.51. The fourth-order valence-electron chi connectivity index (χ4n) is 2.42. The first kappa shape index (κ1) is 13.9. The number of carbonyl (C=O) groups is 1. The van der Waals surface area contributed by atoms with E-state index < -0.39 is 5.91 Å². The van der Waals surface area contributed by atoms with Crippen LogP contribution in [0.4, 0.5) is 5.69 Å². The molecule has 22 heavy (non-hydrogen) atoms. The number of nitrogens with zero attached hydrogens (tertiary/aromatic N) is 4. The molecular weight excluding hydrogens is 280 g/mol. The number of azo groups is 1. The average molecular weight is 294 g/mol. The maximum absolute atomic E-state index is 12.0. The van der Waals surface area contributed by atoms with Crippen LogP contribution in [0.3, 0.4) is 0 Å². The highest BCUT2D eigenvalue weighted by atomic mass is 16.3. The van der Waals surface area contributed by atoms with Gasteiger partial charge in [0.1, 0.15) is 0 Å². The zero-order valence-electron chi connectivity index (χ0n) is 12.2. The summed E-state index contributed by atoms with van der Waals surface area (Å²) in [5, 5.41) is 18.6.